The van der Waals surface area contributed by atoms with Crippen molar-refractivity contribution in [2.75, 3.05) is 13.1 Å². The molecular formula is C23H33N5O2. The highest BCUT2D eigenvalue weighted by Crippen LogP contribution is 2.24. The van der Waals surface area contributed by atoms with E-state index in [1.807, 2.05) is 22.6 Å². The van der Waals surface area contributed by atoms with E-state index in [9.17, 15) is 9.59 Å². The number of fused-ring (bicyclic) bond motifs is 1. The zero-order chi connectivity index (χ0) is 21.3. The Kier molecular flexibility index (Phi) is 6.06. The molecule has 0 aromatic carbocycles. The molecule has 0 spiro atoms. The number of hydrogen-bond acceptors (Lipinski definition) is 4. The minimum absolute atomic E-state index is 0.0330. The molecule has 30 heavy (non-hydrogen) atoms. The van der Waals surface area contributed by atoms with Gasteiger partial charge in [0, 0.05) is 30.6 Å². The summed E-state index contributed by atoms with van der Waals surface area (Å²) in [5.74, 6) is -0.0393. The Hall–Kier alpha value is -2.44. The fraction of sp³-hybridized carbons (Fsp3) is 0.652. The van der Waals surface area contributed by atoms with E-state index >= 15 is 0 Å². The Morgan fingerprint density at radius 2 is 1.90 bits per heavy atom. The molecule has 1 atom stereocenters. The molecule has 1 saturated heterocycles. The molecule has 2 amide bonds. The number of aryl methyl sites for hydroxylation is 1. The molecular weight excluding hydrogens is 378 g/mol. The van der Waals surface area contributed by atoms with E-state index in [4.69, 9.17) is 0 Å². The first-order valence-corrected chi connectivity index (χ1v) is 11.4. The molecule has 0 radical (unpaired) electrons. The van der Waals surface area contributed by atoms with Crippen molar-refractivity contribution >= 4 is 22.8 Å². The van der Waals surface area contributed by atoms with Crippen molar-refractivity contribution in [3.05, 3.63) is 23.5 Å². The number of nitrogens with zero attached hydrogens (tertiary/aromatic N) is 4. The zero-order valence-corrected chi connectivity index (χ0v) is 18.4. The number of hydrogen-bond donors (Lipinski definition) is 1. The summed E-state index contributed by atoms with van der Waals surface area (Å²) in [5, 5.41) is 8.53. The number of likely N-dealkylation sites (tertiary alicyclic amines) is 1. The van der Waals surface area contributed by atoms with Gasteiger partial charge in [-0.05, 0) is 52.5 Å². The predicted octanol–water partition coefficient (Wildman–Crippen LogP) is 3.62. The monoisotopic (exact) mass is 411 g/mol. The second-order valence-electron chi connectivity index (χ2n) is 9.15. The van der Waals surface area contributed by atoms with Crippen LogP contribution in [0.25, 0.3) is 11.0 Å². The van der Waals surface area contributed by atoms with Gasteiger partial charge in [-0.15, -0.1) is 0 Å². The molecule has 7 nitrogen and oxygen atoms in total. The molecule has 2 aromatic heterocycles. The molecule has 4 rings (SSSR count). The van der Waals surface area contributed by atoms with Crippen LogP contribution in [0.15, 0.2) is 12.3 Å². The van der Waals surface area contributed by atoms with Crippen LogP contribution >= 0.6 is 0 Å². The molecule has 1 aliphatic heterocycles. The summed E-state index contributed by atoms with van der Waals surface area (Å²) in [6.45, 7) is 7.18. The molecule has 1 N–H and O–H groups in total. The van der Waals surface area contributed by atoms with Crippen molar-refractivity contribution in [3.8, 4) is 0 Å². The Labute approximate surface area is 178 Å². The van der Waals surface area contributed by atoms with Crippen molar-refractivity contribution in [2.24, 2.45) is 5.92 Å². The van der Waals surface area contributed by atoms with E-state index in [1.54, 1.807) is 6.20 Å². The summed E-state index contributed by atoms with van der Waals surface area (Å²) in [6.07, 6.45) is 9.30. The lowest BCUT2D eigenvalue weighted by Gasteiger charge is -2.33. The molecule has 2 fully saturated rings. The molecule has 162 valence electrons. The number of rotatable bonds is 4. The predicted molar refractivity (Wildman–Crippen MR) is 116 cm³/mol. The lowest BCUT2D eigenvalue weighted by molar-refractivity contribution is -0.127. The van der Waals surface area contributed by atoms with Gasteiger partial charge in [-0.25, -0.2) is 9.67 Å². The van der Waals surface area contributed by atoms with Crippen LogP contribution in [0.1, 0.15) is 80.9 Å². The molecule has 1 aliphatic carbocycles. The Morgan fingerprint density at radius 3 is 2.63 bits per heavy atom. The Balaban J connectivity index is 1.47. The Bertz CT molecular complexity index is 929. The number of carbonyl (C=O) groups excluding carboxylic acids is 2. The van der Waals surface area contributed by atoms with E-state index in [-0.39, 0.29) is 23.8 Å². The highest BCUT2D eigenvalue weighted by molar-refractivity contribution is 5.98. The average Bonchev–Trinajstić information content (AvgIpc) is 3.16. The Morgan fingerprint density at radius 1 is 1.13 bits per heavy atom. The van der Waals surface area contributed by atoms with E-state index < -0.39 is 0 Å². The molecule has 0 bridgehead atoms. The summed E-state index contributed by atoms with van der Waals surface area (Å²) in [4.78, 5) is 32.6. The minimum atomic E-state index is -0.120. The molecule has 2 aliphatic rings. The first kappa shape index (κ1) is 20.8. The van der Waals surface area contributed by atoms with Gasteiger partial charge in [0.2, 0.25) is 5.91 Å². The van der Waals surface area contributed by atoms with Crippen LogP contribution in [0.4, 0.5) is 0 Å². The van der Waals surface area contributed by atoms with Crippen LogP contribution in [0.3, 0.4) is 0 Å². The first-order chi connectivity index (χ1) is 14.4. The number of aromatic nitrogens is 3. The van der Waals surface area contributed by atoms with Gasteiger partial charge in [0.05, 0.1) is 23.4 Å². The highest BCUT2D eigenvalue weighted by atomic mass is 16.2. The number of piperidine rings is 1. The van der Waals surface area contributed by atoms with Gasteiger partial charge in [0.25, 0.3) is 5.91 Å². The standard InChI is InChI=1S/C23H33N5O2/c1-15(2)28-21-18(13-24-28)12-20(16(3)25-21)23(30)27-11-7-8-17(14-27)22(29)26-19-9-5-4-6-10-19/h12-13,15,17,19H,4-11,14H2,1-3H3,(H,26,29). The average molecular weight is 412 g/mol. The van der Waals surface area contributed by atoms with E-state index in [0.29, 0.717) is 30.4 Å². The topological polar surface area (TPSA) is 80.1 Å². The van der Waals surface area contributed by atoms with Gasteiger partial charge in [0.15, 0.2) is 5.65 Å². The second kappa shape index (κ2) is 8.74. The molecule has 2 aromatic rings. The van der Waals surface area contributed by atoms with Crippen molar-refractivity contribution < 1.29 is 9.59 Å². The quantitative estimate of drug-likeness (QED) is 0.833. The summed E-state index contributed by atoms with van der Waals surface area (Å²) in [6, 6.07) is 2.42. The summed E-state index contributed by atoms with van der Waals surface area (Å²) >= 11 is 0. The third-order valence-corrected chi connectivity index (χ3v) is 6.51. The smallest absolute Gasteiger partial charge is 0.255 e. The fourth-order valence-electron chi connectivity index (χ4n) is 4.77. The van der Waals surface area contributed by atoms with Gasteiger partial charge in [-0.1, -0.05) is 19.3 Å². The maximum absolute atomic E-state index is 13.3. The highest BCUT2D eigenvalue weighted by Gasteiger charge is 2.31. The zero-order valence-electron chi connectivity index (χ0n) is 18.4. The number of nitrogens with one attached hydrogen (secondary N) is 1. The number of carbonyl (C=O) groups is 2. The molecule has 7 heteroatoms. The van der Waals surface area contributed by atoms with E-state index in [0.717, 1.165) is 36.7 Å². The largest absolute Gasteiger partial charge is 0.353 e. The third-order valence-electron chi connectivity index (χ3n) is 6.51. The van der Waals surface area contributed by atoms with Crippen LogP contribution in [-0.4, -0.2) is 50.6 Å². The van der Waals surface area contributed by atoms with Crippen LogP contribution in [-0.2, 0) is 4.79 Å². The van der Waals surface area contributed by atoms with E-state index in [2.05, 4.69) is 29.2 Å². The van der Waals surface area contributed by atoms with E-state index in [1.165, 1.54) is 19.3 Å². The lowest BCUT2D eigenvalue weighted by Crippen LogP contribution is -2.48. The van der Waals surface area contributed by atoms with Crippen molar-refractivity contribution in [1.29, 1.82) is 0 Å². The van der Waals surface area contributed by atoms with Gasteiger partial charge in [-0.3, -0.25) is 9.59 Å². The maximum Gasteiger partial charge on any atom is 0.255 e. The van der Waals surface area contributed by atoms with Crippen molar-refractivity contribution in [3.63, 3.8) is 0 Å². The fourth-order valence-corrected chi connectivity index (χ4v) is 4.77. The third kappa shape index (κ3) is 4.20. The summed E-state index contributed by atoms with van der Waals surface area (Å²) < 4.78 is 1.88. The van der Waals surface area contributed by atoms with Gasteiger partial charge in [0.1, 0.15) is 0 Å². The summed E-state index contributed by atoms with van der Waals surface area (Å²) in [7, 11) is 0. The van der Waals surface area contributed by atoms with Crippen LogP contribution < -0.4 is 5.32 Å². The minimum Gasteiger partial charge on any atom is -0.353 e. The maximum atomic E-state index is 13.3. The molecule has 3 heterocycles. The normalized spacial score (nSPS) is 20.7. The first-order valence-electron chi connectivity index (χ1n) is 11.4. The van der Waals surface area contributed by atoms with Crippen LogP contribution in [0.5, 0.6) is 0 Å². The lowest BCUT2D eigenvalue weighted by atomic mass is 9.92. The van der Waals surface area contributed by atoms with Crippen LogP contribution in [0, 0.1) is 12.8 Å². The molecule has 1 unspecified atom stereocenters. The number of amides is 2. The van der Waals surface area contributed by atoms with Gasteiger partial charge in [-0.2, -0.15) is 5.10 Å². The van der Waals surface area contributed by atoms with Gasteiger partial charge >= 0.3 is 0 Å². The second-order valence-corrected chi connectivity index (χ2v) is 9.15. The van der Waals surface area contributed by atoms with Crippen LogP contribution in [0.2, 0.25) is 0 Å². The van der Waals surface area contributed by atoms with Crippen molar-refractivity contribution in [1.82, 2.24) is 25.0 Å². The summed E-state index contributed by atoms with van der Waals surface area (Å²) in [5.41, 5.74) is 2.13. The molecule has 1 saturated carbocycles. The number of pyridine rings is 1. The van der Waals surface area contributed by atoms with Crippen molar-refractivity contribution in [2.45, 2.75) is 77.8 Å². The SMILES string of the molecule is Cc1nc2c(cnn2C(C)C)cc1C(=O)N1CCCC(C(=O)NC2CCCCC2)C1. The van der Waals surface area contributed by atoms with Gasteiger partial charge < -0.3 is 10.2 Å².